The lowest BCUT2D eigenvalue weighted by Gasteiger charge is -2.34. The Morgan fingerprint density at radius 3 is 2.50 bits per heavy atom. The number of hydrogen-bond acceptors (Lipinski definition) is 3. The van der Waals surface area contributed by atoms with Crippen molar-refractivity contribution in [3.05, 3.63) is 0 Å². The minimum atomic E-state index is -1.05. The van der Waals surface area contributed by atoms with Crippen molar-refractivity contribution in [1.29, 1.82) is 0 Å². The van der Waals surface area contributed by atoms with Crippen LogP contribution in [0.2, 0.25) is 0 Å². The third kappa shape index (κ3) is 3.37. The third-order valence-electron chi connectivity index (χ3n) is 2.80. The molecule has 2 amide bonds. The number of urea groups is 1. The third-order valence-corrected chi connectivity index (χ3v) is 2.80. The normalized spacial score (nSPS) is 25.4. The number of carboxylic acids is 1. The van der Waals surface area contributed by atoms with Gasteiger partial charge in [-0.1, -0.05) is 0 Å². The smallest absolute Gasteiger partial charge is 0.325 e. The van der Waals surface area contributed by atoms with Gasteiger partial charge in [-0.25, -0.2) is 4.79 Å². The molecule has 1 fully saturated rings. The Kier molecular flexibility index (Phi) is 4.12. The van der Waals surface area contributed by atoms with Crippen LogP contribution in [0.1, 0.15) is 19.8 Å². The van der Waals surface area contributed by atoms with Gasteiger partial charge in [-0.2, -0.15) is 0 Å². The Morgan fingerprint density at radius 2 is 2.06 bits per heavy atom. The number of aliphatic hydroxyl groups is 1. The lowest BCUT2D eigenvalue weighted by Crippen LogP contribution is -2.48. The summed E-state index contributed by atoms with van der Waals surface area (Å²) in [7, 11) is 1.62. The fourth-order valence-electron chi connectivity index (χ4n) is 1.68. The van der Waals surface area contributed by atoms with Crippen molar-refractivity contribution in [2.45, 2.75) is 31.9 Å². The van der Waals surface area contributed by atoms with E-state index >= 15 is 0 Å². The highest BCUT2D eigenvalue weighted by Crippen LogP contribution is 2.27. The zero-order valence-corrected chi connectivity index (χ0v) is 9.51. The maximum absolute atomic E-state index is 11.5. The molecule has 0 aromatic carbocycles. The van der Waals surface area contributed by atoms with Crippen molar-refractivity contribution >= 4 is 12.0 Å². The Balaban J connectivity index is 2.28. The van der Waals surface area contributed by atoms with Crippen LogP contribution in [-0.4, -0.2) is 52.9 Å². The summed E-state index contributed by atoms with van der Waals surface area (Å²) in [5.41, 5.74) is 0. The highest BCUT2D eigenvalue weighted by molar-refractivity contribution is 5.82. The molecule has 1 rings (SSSR count). The molecule has 0 aliphatic heterocycles. The second-order valence-electron chi connectivity index (χ2n) is 4.38. The van der Waals surface area contributed by atoms with E-state index in [0.717, 1.165) is 0 Å². The minimum Gasteiger partial charge on any atom is -0.480 e. The molecule has 6 nitrogen and oxygen atoms in total. The molecular formula is C10H18N2O4. The molecular weight excluding hydrogens is 212 g/mol. The maximum atomic E-state index is 11.5. The second kappa shape index (κ2) is 5.16. The summed E-state index contributed by atoms with van der Waals surface area (Å²) in [6.45, 7) is 1.97. The van der Waals surface area contributed by atoms with E-state index in [9.17, 15) is 9.59 Å². The zero-order valence-electron chi connectivity index (χ0n) is 9.51. The van der Waals surface area contributed by atoms with Crippen LogP contribution in [0.5, 0.6) is 0 Å². The first-order chi connectivity index (χ1) is 7.40. The SMILES string of the molecule is C[C@H](NC(=O)N(C)CC1CC(O)C1)C(=O)O. The maximum Gasteiger partial charge on any atom is 0.325 e. The molecule has 0 radical (unpaired) electrons. The molecule has 1 saturated carbocycles. The molecule has 0 aromatic heterocycles. The number of carbonyl (C=O) groups is 2. The molecule has 0 aromatic rings. The number of carboxylic acid groups (broad SMARTS) is 1. The molecule has 0 bridgehead atoms. The number of aliphatic carboxylic acids is 1. The predicted molar refractivity (Wildman–Crippen MR) is 57.0 cm³/mol. The van der Waals surface area contributed by atoms with Gasteiger partial charge in [0.1, 0.15) is 6.04 Å². The number of amides is 2. The first-order valence-corrected chi connectivity index (χ1v) is 5.32. The number of nitrogens with zero attached hydrogens (tertiary/aromatic N) is 1. The molecule has 0 saturated heterocycles. The molecule has 16 heavy (non-hydrogen) atoms. The number of hydrogen-bond donors (Lipinski definition) is 3. The molecule has 0 unspecified atom stereocenters. The lowest BCUT2D eigenvalue weighted by atomic mass is 9.82. The molecule has 3 N–H and O–H groups in total. The Bertz CT molecular complexity index is 276. The molecule has 92 valence electrons. The van der Waals surface area contributed by atoms with Crippen molar-refractivity contribution in [2.75, 3.05) is 13.6 Å². The van der Waals surface area contributed by atoms with Gasteiger partial charge in [-0.05, 0) is 25.7 Å². The van der Waals surface area contributed by atoms with E-state index in [1.807, 2.05) is 0 Å². The van der Waals surface area contributed by atoms with Crippen molar-refractivity contribution in [3.8, 4) is 0 Å². The summed E-state index contributed by atoms with van der Waals surface area (Å²) >= 11 is 0. The minimum absolute atomic E-state index is 0.237. The highest BCUT2D eigenvalue weighted by atomic mass is 16.4. The fourth-order valence-corrected chi connectivity index (χ4v) is 1.68. The Morgan fingerprint density at radius 1 is 1.50 bits per heavy atom. The van der Waals surface area contributed by atoms with Crippen LogP contribution >= 0.6 is 0 Å². The average Bonchev–Trinajstić information content (AvgIpc) is 2.14. The average molecular weight is 230 g/mol. The molecule has 1 aliphatic rings. The van der Waals surface area contributed by atoms with E-state index < -0.39 is 18.0 Å². The van der Waals surface area contributed by atoms with Gasteiger partial charge >= 0.3 is 12.0 Å². The second-order valence-corrected chi connectivity index (χ2v) is 4.38. The van der Waals surface area contributed by atoms with E-state index in [4.69, 9.17) is 10.2 Å². The number of carbonyl (C=O) groups excluding carboxylic acids is 1. The lowest BCUT2D eigenvalue weighted by molar-refractivity contribution is -0.138. The molecule has 0 spiro atoms. The monoisotopic (exact) mass is 230 g/mol. The van der Waals surface area contributed by atoms with E-state index in [0.29, 0.717) is 25.3 Å². The van der Waals surface area contributed by atoms with Gasteiger partial charge in [0.25, 0.3) is 0 Å². The Labute approximate surface area is 94.2 Å². The van der Waals surface area contributed by atoms with Crippen molar-refractivity contribution < 1.29 is 19.8 Å². The fraction of sp³-hybridized carbons (Fsp3) is 0.800. The van der Waals surface area contributed by atoms with Crippen molar-refractivity contribution in [3.63, 3.8) is 0 Å². The van der Waals surface area contributed by atoms with E-state index in [2.05, 4.69) is 5.32 Å². The largest absolute Gasteiger partial charge is 0.480 e. The zero-order chi connectivity index (χ0) is 12.3. The number of aliphatic hydroxyl groups excluding tert-OH is 1. The van der Waals surface area contributed by atoms with Crippen molar-refractivity contribution in [2.24, 2.45) is 5.92 Å². The van der Waals surface area contributed by atoms with Gasteiger partial charge in [0.05, 0.1) is 6.10 Å². The van der Waals surface area contributed by atoms with Gasteiger partial charge in [0.2, 0.25) is 0 Å². The standard InChI is InChI=1S/C10H18N2O4/c1-6(9(14)15)11-10(16)12(2)5-7-3-8(13)4-7/h6-8,13H,3-5H2,1-2H3,(H,11,16)(H,14,15)/t6-,7?,8?/m0/s1. The van der Waals surface area contributed by atoms with Crippen LogP contribution < -0.4 is 5.32 Å². The van der Waals surface area contributed by atoms with Crippen LogP contribution in [0.15, 0.2) is 0 Å². The van der Waals surface area contributed by atoms with E-state index in [-0.39, 0.29) is 6.10 Å². The van der Waals surface area contributed by atoms with E-state index in [1.165, 1.54) is 11.8 Å². The van der Waals surface area contributed by atoms with Crippen LogP contribution in [0.25, 0.3) is 0 Å². The highest BCUT2D eigenvalue weighted by Gasteiger charge is 2.29. The summed E-state index contributed by atoms with van der Waals surface area (Å²) in [6, 6.07) is -1.28. The van der Waals surface area contributed by atoms with Crippen LogP contribution in [0, 0.1) is 5.92 Å². The van der Waals surface area contributed by atoms with Crippen LogP contribution in [0.3, 0.4) is 0 Å². The molecule has 0 heterocycles. The topological polar surface area (TPSA) is 89.9 Å². The Hall–Kier alpha value is -1.30. The molecule has 1 atom stereocenters. The number of rotatable bonds is 4. The molecule has 1 aliphatic carbocycles. The van der Waals surface area contributed by atoms with Gasteiger partial charge in [-0.15, -0.1) is 0 Å². The van der Waals surface area contributed by atoms with Crippen LogP contribution in [-0.2, 0) is 4.79 Å². The summed E-state index contributed by atoms with van der Waals surface area (Å²) in [5, 5.41) is 20.1. The first-order valence-electron chi connectivity index (χ1n) is 5.32. The first kappa shape index (κ1) is 12.8. The summed E-state index contributed by atoms with van der Waals surface area (Å²) < 4.78 is 0. The van der Waals surface area contributed by atoms with Crippen molar-refractivity contribution in [1.82, 2.24) is 10.2 Å². The van der Waals surface area contributed by atoms with E-state index in [1.54, 1.807) is 7.05 Å². The van der Waals surface area contributed by atoms with Gasteiger partial charge < -0.3 is 20.4 Å². The van der Waals surface area contributed by atoms with Crippen LogP contribution in [0.4, 0.5) is 4.79 Å². The van der Waals surface area contributed by atoms with Gasteiger partial charge in [0, 0.05) is 13.6 Å². The number of nitrogens with one attached hydrogen (secondary N) is 1. The quantitative estimate of drug-likeness (QED) is 0.627. The van der Waals surface area contributed by atoms with Gasteiger partial charge in [0.15, 0.2) is 0 Å². The van der Waals surface area contributed by atoms with Gasteiger partial charge in [-0.3, -0.25) is 4.79 Å². The molecule has 6 heteroatoms. The summed E-state index contributed by atoms with van der Waals surface area (Å²) in [4.78, 5) is 23.5. The summed E-state index contributed by atoms with van der Waals surface area (Å²) in [5.74, 6) is -0.730. The predicted octanol–water partition coefficient (Wildman–Crippen LogP) is -0.128. The summed E-state index contributed by atoms with van der Waals surface area (Å²) in [6.07, 6.45) is 1.19.